The summed E-state index contributed by atoms with van der Waals surface area (Å²) in [6, 6.07) is 0. The molecule has 1 rings (SSSR count). The summed E-state index contributed by atoms with van der Waals surface area (Å²) in [6.07, 6.45) is 0. The van der Waals surface area contributed by atoms with E-state index in [-0.39, 0.29) is 11.6 Å². The van der Waals surface area contributed by atoms with Crippen LogP contribution in [-0.4, -0.2) is 32.7 Å². The predicted octanol–water partition coefficient (Wildman–Crippen LogP) is 1.43. The topological polar surface area (TPSA) is 95.1 Å². The number of carboxylic acids is 1. The summed E-state index contributed by atoms with van der Waals surface area (Å²) in [6.45, 7) is 8.63. The highest BCUT2D eigenvalue weighted by atomic mass is 16.4. The number of nitrogens with zero attached hydrogens (tertiary/aromatic N) is 1. The van der Waals surface area contributed by atoms with Gasteiger partial charge in [-0.25, -0.2) is 4.79 Å². The number of H-pyrrole nitrogens is 1. The second-order valence-electron chi connectivity index (χ2n) is 5.15. The van der Waals surface area contributed by atoms with Crippen molar-refractivity contribution in [1.29, 1.82) is 0 Å². The molecular weight excluding hydrogens is 234 g/mol. The monoisotopic (exact) mass is 253 g/mol. The maximum atomic E-state index is 12.0. The van der Waals surface area contributed by atoms with Crippen molar-refractivity contribution in [3.05, 3.63) is 17.0 Å². The molecule has 18 heavy (non-hydrogen) atoms. The largest absolute Gasteiger partial charge is 0.480 e. The number of amides is 1. The van der Waals surface area contributed by atoms with Gasteiger partial charge in [-0.15, -0.1) is 0 Å². The molecule has 3 N–H and O–H groups in total. The van der Waals surface area contributed by atoms with Crippen molar-refractivity contribution < 1.29 is 14.7 Å². The summed E-state index contributed by atoms with van der Waals surface area (Å²) in [5.74, 6) is -1.34. The van der Waals surface area contributed by atoms with Gasteiger partial charge in [-0.3, -0.25) is 9.89 Å². The Bertz CT molecular complexity index is 475. The molecule has 100 valence electrons. The minimum atomic E-state index is -1.32. The molecule has 0 aliphatic carbocycles. The van der Waals surface area contributed by atoms with Crippen LogP contribution in [0.4, 0.5) is 0 Å². The van der Waals surface area contributed by atoms with Crippen molar-refractivity contribution in [2.24, 2.45) is 0 Å². The first-order valence-corrected chi connectivity index (χ1v) is 5.77. The normalized spacial score (nSPS) is 11.7. The number of hydrogen-bond acceptors (Lipinski definition) is 3. The predicted molar refractivity (Wildman–Crippen MR) is 66.6 cm³/mol. The highest BCUT2D eigenvalue weighted by Gasteiger charge is 2.31. The molecule has 1 aromatic rings. The van der Waals surface area contributed by atoms with Gasteiger partial charge in [0.2, 0.25) is 0 Å². The molecule has 1 amide bonds. The van der Waals surface area contributed by atoms with Gasteiger partial charge < -0.3 is 10.4 Å². The van der Waals surface area contributed by atoms with Crippen molar-refractivity contribution >= 4 is 11.9 Å². The second-order valence-corrected chi connectivity index (χ2v) is 5.15. The number of carboxylic acid groups (broad SMARTS) is 1. The molecule has 0 fully saturated rings. The fraction of sp³-hybridized carbons (Fsp3) is 0.583. The standard InChI is InChI=1S/C12H19N3O3/c1-6(2)8-7(3)9(15-14-8)10(16)13-12(4,5)11(17)18/h6H,1-5H3,(H,13,16)(H,14,15)(H,17,18). The van der Waals surface area contributed by atoms with Crippen molar-refractivity contribution in [2.75, 3.05) is 0 Å². The van der Waals surface area contributed by atoms with Crippen LogP contribution in [0.1, 0.15) is 55.4 Å². The van der Waals surface area contributed by atoms with E-state index in [9.17, 15) is 9.59 Å². The van der Waals surface area contributed by atoms with Gasteiger partial charge in [0.05, 0.1) is 0 Å². The Balaban J connectivity index is 2.96. The zero-order valence-electron chi connectivity index (χ0n) is 11.3. The molecule has 1 aromatic heterocycles. The fourth-order valence-electron chi connectivity index (χ4n) is 1.59. The molecule has 0 radical (unpaired) electrons. The summed E-state index contributed by atoms with van der Waals surface area (Å²) >= 11 is 0. The molecule has 0 spiro atoms. The molecule has 0 unspecified atom stereocenters. The first kappa shape index (κ1) is 14.2. The lowest BCUT2D eigenvalue weighted by atomic mass is 10.0. The average molecular weight is 253 g/mol. The average Bonchev–Trinajstić information content (AvgIpc) is 2.59. The molecule has 6 heteroatoms. The highest BCUT2D eigenvalue weighted by Crippen LogP contribution is 2.19. The Morgan fingerprint density at radius 2 is 1.94 bits per heavy atom. The molecule has 0 aromatic carbocycles. The van der Waals surface area contributed by atoms with Crippen molar-refractivity contribution in [3.8, 4) is 0 Å². The molecule has 0 aliphatic heterocycles. The first-order valence-electron chi connectivity index (χ1n) is 5.77. The van der Waals surface area contributed by atoms with E-state index in [1.807, 2.05) is 13.8 Å². The molecule has 1 heterocycles. The minimum absolute atomic E-state index is 0.228. The smallest absolute Gasteiger partial charge is 0.328 e. The van der Waals surface area contributed by atoms with Crippen molar-refractivity contribution in [3.63, 3.8) is 0 Å². The van der Waals surface area contributed by atoms with Crippen LogP contribution in [0.15, 0.2) is 0 Å². The highest BCUT2D eigenvalue weighted by molar-refractivity contribution is 5.97. The maximum absolute atomic E-state index is 12.0. The van der Waals surface area contributed by atoms with E-state index in [0.29, 0.717) is 0 Å². The van der Waals surface area contributed by atoms with E-state index in [0.717, 1.165) is 11.3 Å². The summed E-state index contributed by atoms with van der Waals surface area (Å²) in [4.78, 5) is 22.9. The first-order chi connectivity index (χ1) is 8.16. The van der Waals surface area contributed by atoms with Crippen LogP contribution in [0.5, 0.6) is 0 Å². The number of aliphatic carboxylic acids is 1. The molecule has 0 bridgehead atoms. The molecule has 6 nitrogen and oxygen atoms in total. The zero-order chi connectivity index (χ0) is 14.1. The lowest BCUT2D eigenvalue weighted by molar-refractivity contribution is -0.143. The lowest BCUT2D eigenvalue weighted by Gasteiger charge is -2.20. The Hall–Kier alpha value is -1.85. The SMILES string of the molecule is Cc1c(C(=O)NC(C)(C)C(=O)O)n[nH]c1C(C)C. The number of hydrogen-bond donors (Lipinski definition) is 3. The van der Waals surface area contributed by atoms with E-state index in [1.54, 1.807) is 6.92 Å². The molecule has 0 saturated carbocycles. The number of carbonyl (C=O) groups excluding carboxylic acids is 1. The van der Waals surface area contributed by atoms with Gasteiger partial charge in [0.15, 0.2) is 5.69 Å². The summed E-state index contributed by atoms with van der Waals surface area (Å²) in [5.41, 5.74) is 0.561. The Morgan fingerprint density at radius 1 is 1.39 bits per heavy atom. The van der Waals surface area contributed by atoms with Crippen LogP contribution in [0, 0.1) is 6.92 Å². The molecule has 0 atom stereocenters. The molecular formula is C12H19N3O3. The van der Waals surface area contributed by atoms with Gasteiger partial charge in [-0.1, -0.05) is 13.8 Å². The van der Waals surface area contributed by atoms with Crippen molar-refractivity contribution in [1.82, 2.24) is 15.5 Å². The van der Waals surface area contributed by atoms with Crippen LogP contribution in [0.25, 0.3) is 0 Å². The van der Waals surface area contributed by atoms with E-state index in [4.69, 9.17) is 5.11 Å². The lowest BCUT2D eigenvalue weighted by Crippen LogP contribution is -2.49. The third-order valence-corrected chi connectivity index (χ3v) is 2.80. The van der Waals surface area contributed by atoms with Gasteiger partial charge in [-0.2, -0.15) is 5.10 Å². The van der Waals surface area contributed by atoms with E-state index >= 15 is 0 Å². The summed E-state index contributed by atoms with van der Waals surface area (Å²) in [5, 5.41) is 18.2. The van der Waals surface area contributed by atoms with Gasteiger partial charge in [0, 0.05) is 11.3 Å². The third kappa shape index (κ3) is 2.69. The van der Waals surface area contributed by atoms with Crippen LogP contribution < -0.4 is 5.32 Å². The zero-order valence-corrected chi connectivity index (χ0v) is 11.3. The quantitative estimate of drug-likeness (QED) is 0.756. The van der Waals surface area contributed by atoms with Crippen LogP contribution in [-0.2, 0) is 4.79 Å². The van der Waals surface area contributed by atoms with E-state index in [2.05, 4.69) is 15.5 Å². The van der Waals surface area contributed by atoms with Crippen molar-refractivity contribution in [2.45, 2.75) is 46.1 Å². The van der Waals surface area contributed by atoms with Gasteiger partial charge in [0.1, 0.15) is 5.54 Å². The Kier molecular flexibility index (Phi) is 3.79. The summed E-state index contributed by atoms with van der Waals surface area (Å²) < 4.78 is 0. The Morgan fingerprint density at radius 3 is 2.33 bits per heavy atom. The number of nitrogens with one attached hydrogen (secondary N) is 2. The summed E-state index contributed by atoms with van der Waals surface area (Å²) in [7, 11) is 0. The number of aromatic nitrogens is 2. The van der Waals surface area contributed by atoms with Gasteiger partial charge in [-0.05, 0) is 26.7 Å². The fourth-order valence-corrected chi connectivity index (χ4v) is 1.59. The second kappa shape index (κ2) is 4.80. The van der Waals surface area contributed by atoms with Gasteiger partial charge in [0.25, 0.3) is 5.91 Å². The number of rotatable bonds is 4. The van der Waals surface area contributed by atoms with Gasteiger partial charge >= 0.3 is 5.97 Å². The van der Waals surface area contributed by atoms with Crippen LogP contribution in [0.2, 0.25) is 0 Å². The molecule has 0 saturated heterocycles. The van der Waals surface area contributed by atoms with E-state index in [1.165, 1.54) is 13.8 Å². The number of carbonyl (C=O) groups is 2. The molecule has 0 aliphatic rings. The maximum Gasteiger partial charge on any atom is 0.328 e. The van der Waals surface area contributed by atoms with E-state index < -0.39 is 17.4 Å². The Labute approximate surface area is 106 Å². The third-order valence-electron chi connectivity index (χ3n) is 2.80. The van der Waals surface area contributed by atoms with Crippen LogP contribution >= 0.6 is 0 Å². The number of aromatic amines is 1. The minimum Gasteiger partial charge on any atom is -0.480 e. The van der Waals surface area contributed by atoms with Crippen LogP contribution in [0.3, 0.4) is 0 Å².